The molecule has 0 bridgehead atoms. The second kappa shape index (κ2) is 6.78. The molecule has 1 unspecified atom stereocenters. The first-order valence-electron chi connectivity index (χ1n) is 8.76. The molecule has 1 atom stereocenters. The molecule has 21 heavy (non-hydrogen) atoms. The van der Waals surface area contributed by atoms with Crippen LogP contribution in [0.2, 0.25) is 0 Å². The zero-order chi connectivity index (χ0) is 14.7. The Morgan fingerprint density at radius 3 is 2.81 bits per heavy atom. The van der Waals surface area contributed by atoms with Gasteiger partial charge in [-0.1, -0.05) is 20.3 Å². The number of aromatic nitrogens is 1. The molecule has 1 saturated heterocycles. The predicted molar refractivity (Wildman–Crippen MR) is 88.7 cm³/mol. The molecule has 0 spiro atoms. The van der Waals surface area contributed by atoms with Crippen LogP contribution in [0.3, 0.4) is 0 Å². The molecule has 0 aromatic carbocycles. The van der Waals surface area contributed by atoms with E-state index >= 15 is 0 Å². The van der Waals surface area contributed by atoms with Crippen molar-refractivity contribution in [2.45, 2.75) is 65.0 Å². The number of piperidine rings is 1. The fraction of sp³-hybridized carbons (Fsp3) is 0.722. The van der Waals surface area contributed by atoms with E-state index in [1.54, 1.807) is 0 Å². The van der Waals surface area contributed by atoms with Gasteiger partial charge in [0.1, 0.15) is 5.82 Å². The van der Waals surface area contributed by atoms with Gasteiger partial charge in [0.05, 0.1) is 0 Å². The molecule has 0 amide bonds. The minimum absolute atomic E-state index is 0.770. The van der Waals surface area contributed by atoms with E-state index in [1.165, 1.54) is 62.3 Å². The predicted octanol–water partition coefficient (Wildman–Crippen LogP) is 3.52. The van der Waals surface area contributed by atoms with E-state index in [1.807, 2.05) is 0 Å². The monoisotopic (exact) mass is 287 g/mol. The molecule has 2 fully saturated rings. The number of rotatable bonds is 6. The van der Waals surface area contributed by atoms with Crippen molar-refractivity contribution in [3.05, 3.63) is 23.4 Å². The normalized spacial score (nSPS) is 22.6. The molecule has 1 aliphatic heterocycles. The smallest absolute Gasteiger partial charge is 0.129 e. The van der Waals surface area contributed by atoms with Crippen LogP contribution in [-0.2, 0) is 13.0 Å². The van der Waals surface area contributed by atoms with Gasteiger partial charge in [0.25, 0.3) is 0 Å². The Hall–Kier alpha value is -1.09. The van der Waals surface area contributed by atoms with E-state index in [0.29, 0.717) is 0 Å². The lowest BCUT2D eigenvalue weighted by molar-refractivity contribution is 0.403. The third-order valence-corrected chi connectivity index (χ3v) is 4.88. The summed E-state index contributed by atoms with van der Waals surface area (Å²) in [5.74, 6) is 2.05. The second-order valence-electron chi connectivity index (χ2n) is 6.70. The molecule has 2 aliphatic rings. The van der Waals surface area contributed by atoms with Crippen molar-refractivity contribution in [1.29, 1.82) is 0 Å². The molecule has 1 aromatic heterocycles. The Kier molecular flexibility index (Phi) is 4.79. The molecular formula is C18H29N3. The molecule has 1 aliphatic carbocycles. The zero-order valence-electron chi connectivity index (χ0n) is 13.6. The van der Waals surface area contributed by atoms with Gasteiger partial charge in [-0.2, -0.15) is 0 Å². The van der Waals surface area contributed by atoms with E-state index in [-0.39, 0.29) is 0 Å². The van der Waals surface area contributed by atoms with Crippen LogP contribution in [0.1, 0.15) is 57.2 Å². The summed E-state index contributed by atoms with van der Waals surface area (Å²) in [6.45, 7) is 7.88. The third kappa shape index (κ3) is 3.97. The van der Waals surface area contributed by atoms with Gasteiger partial charge < -0.3 is 10.2 Å². The van der Waals surface area contributed by atoms with Crippen LogP contribution < -0.4 is 10.2 Å². The number of nitrogens with zero attached hydrogens (tertiary/aromatic N) is 2. The lowest BCUT2D eigenvalue weighted by atomic mass is 9.95. The highest BCUT2D eigenvalue weighted by atomic mass is 15.2. The van der Waals surface area contributed by atoms with Crippen LogP contribution in [0.4, 0.5) is 5.82 Å². The van der Waals surface area contributed by atoms with Gasteiger partial charge in [0.15, 0.2) is 0 Å². The van der Waals surface area contributed by atoms with Crippen LogP contribution in [0.15, 0.2) is 12.1 Å². The van der Waals surface area contributed by atoms with Crippen LogP contribution in [0.25, 0.3) is 0 Å². The van der Waals surface area contributed by atoms with E-state index in [2.05, 4.69) is 36.2 Å². The number of anilines is 1. The number of pyridine rings is 1. The Morgan fingerprint density at radius 1 is 1.24 bits per heavy atom. The van der Waals surface area contributed by atoms with Crippen LogP contribution >= 0.6 is 0 Å². The number of aryl methyl sites for hydroxylation is 1. The minimum Gasteiger partial charge on any atom is -0.356 e. The highest BCUT2D eigenvalue weighted by molar-refractivity contribution is 5.43. The van der Waals surface area contributed by atoms with Crippen molar-refractivity contribution in [3.63, 3.8) is 0 Å². The van der Waals surface area contributed by atoms with Crippen LogP contribution in [0, 0.1) is 5.92 Å². The van der Waals surface area contributed by atoms with Gasteiger partial charge >= 0.3 is 0 Å². The van der Waals surface area contributed by atoms with Gasteiger partial charge in [-0.15, -0.1) is 0 Å². The van der Waals surface area contributed by atoms with Crippen molar-refractivity contribution < 1.29 is 0 Å². The number of hydrogen-bond acceptors (Lipinski definition) is 3. The van der Waals surface area contributed by atoms with Crippen LogP contribution in [0.5, 0.6) is 0 Å². The van der Waals surface area contributed by atoms with Crippen molar-refractivity contribution >= 4 is 5.82 Å². The van der Waals surface area contributed by atoms with E-state index in [9.17, 15) is 0 Å². The summed E-state index contributed by atoms with van der Waals surface area (Å²) in [5, 5.41) is 3.63. The molecule has 1 aromatic rings. The largest absolute Gasteiger partial charge is 0.356 e. The molecule has 3 heteroatoms. The van der Waals surface area contributed by atoms with Crippen molar-refractivity contribution in [3.8, 4) is 0 Å². The summed E-state index contributed by atoms with van der Waals surface area (Å²) >= 11 is 0. The summed E-state index contributed by atoms with van der Waals surface area (Å²) in [6.07, 6.45) is 7.71. The summed E-state index contributed by atoms with van der Waals surface area (Å²) in [6, 6.07) is 5.36. The molecule has 1 saturated carbocycles. The summed E-state index contributed by atoms with van der Waals surface area (Å²) in [7, 11) is 0. The first-order valence-corrected chi connectivity index (χ1v) is 8.76. The summed E-state index contributed by atoms with van der Waals surface area (Å²) < 4.78 is 0. The maximum absolute atomic E-state index is 4.89. The maximum Gasteiger partial charge on any atom is 0.129 e. The second-order valence-corrected chi connectivity index (χ2v) is 6.70. The van der Waals surface area contributed by atoms with Crippen molar-refractivity contribution in [1.82, 2.24) is 10.3 Å². The summed E-state index contributed by atoms with van der Waals surface area (Å²) in [4.78, 5) is 7.40. The average molecular weight is 287 g/mol. The number of hydrogen-bond donors (Lipinski definition) is 1. The Labute approximate surface area is 129 Å². The highest BCUT2D eigenvalue weighted by Crippen LogP contribution is 2.25. The molecular weight excluding hydrogens is 258 g/mol. The molecule has 0 radical (unpaired) electrons. The standard InChI is InChI=1S/C18H29N3/c1-3-14-6-5-9-21(13-14)18-11-15(10-16(4-2)20-18)12-19-17-7-8-17/h10-11,14,17,19H,3-9,12-13H2,1-2H3. The topological polar surface area (TPSA) is 28.2 Å². The lowest BCUT2D eigenvalue weighted by Crippen LogP contribution is -2.36. The van der Waals surface area contributed by atoms with E-state index in [0.717, 1.165) is 24.9 Å². The molecule has 1 N–H and O–H groups in total. The van der Waals surface area contributed by atoms with Gasteiger partial charge in [-0.3, -0.25) is 0 Å². The van der Waals surface area contributed by atoms with Gasteiger partial charge in [0.2, 0.25) is 0 Å². The van der Waals surface area contributed by atoms with Crippen molar-refractivity contribution in [2.75, 3.05) is 18.0 Å². The average Bonchev–Trinajstić information content (AvgIpc) is 3.37. The van der Waals surface area contributed by atoms with Crippen LogP contribution in [-0.4, -0.2) is 24.1 Å². The van der Waals surface area contributed by atoms with E-state index in [4.69, 9.17) is 4.98 Å². The SMILES string of the molecule is CCc1cc(CNC2CC2)cc(N2CCCC(CC)C2)n1. The van der Waals surface area contributed by atoms with E-state index < -0.39 is 0 Å². The fourth-order valence-corrected chi connectivity index (χ4v) is 3.23. The molecule has 2 heterocycles. The quantitative estimate of drug-likeness (QED) is 0.867. The number of nitrogens with one attached hydrogen (secondary N) is 1. The maximum atomic E-state index is 4.89. The fourth-order valence-electron chi connectivity index (χ4n) is 3.23. The van der Waals surface area contributed by atoms with Gasteiger partial charge in [-0.25, -0.2) is 4.98 Å². The summed E-state index contributed by atoms with van der Waals surface area (Å²) in [5.41, 5.74) is 2.64. The third-order valence-electron chi connectivity index (χ3n) is 4.88. The van der Waals surface area contributed by atoms with Crippen molar-refractivity contribution in [2.24, 2.45) is 5.92 Å². The van der Waals surface area contributed by atoms with Gasteiger partial charge in [0, 0.05) is 31.4 Å². The molecule has 116 valence electrons. The Bertz CT molecular complexity index is 468. The molecule has 3 nitrogen and oxygen atoms in total. The van der Waals surface area contributed by atoms with Gasteiger partial charge in [-0.05, 0) is 55.7 Å². The first-order chi connectivity index (χ1) is 10.3. The lowest BCUT2D eigenvalue weighted by Gasteiger charge is -2.33. The first kappa shape index (κ1) is 14.8. The Morgan fingerprint density at radius 2 is 2.10 bits per heavy atom. The highest BCUT2D eigenvalue weighted by Gasteiger charge is 2.22. The molecule has 3 rings (SSSR count). The minimum atomic E-state index is 0.770. The zero-order valence-corrected chi connectivity index (χ0v) is 13.6. The Balaban J connectivity index is 1.73.